The van der Waals surface area contributed by atoms with Crippen LogP contribution in [-0.2, 0) is 11.5 Å². The highest BCUT2D eigenvalue weighted by molar-refractivity contribution is 5.95. The molecule has 0 aliphatic rings. The van der Waals surface area contributed by atoms with E-state index in [0.29, 0.717) is 19.8 Å². The first-order valence-corrected chi connectivity index (χ1v) is 5.04. The number of carbonyl (C=O) groups is 1. The Bertz CT molecular complexity index is 291. The van der Waals surface area contributed by atoms with E-state index in [9.17, 15) is 4.79 Å². The summed E-state index contributed by atoms with van der Waals surface area (Å²) >= 11 is 0. The molecule has 0 saturated heterocycles. The van der Waals surface area contributed by atoms with Crippen LogP contribution in [0.4, 0.5) is 0 Å². The second kappa shape index (κ2) is 5.60. The van der Waals surface area contributed by atoms with E-state index in [4.69, 9.17) is 4.74 Å². The van der Waals surface area contributed by atoms with Crippen LogP contribution in [0, 0.1) is 0 Å². The molecule has 0 aromatic carbocycles. The summed E-state index contributed by atoms with van der Waals surface area (Å²) in [7, 11) is 0. The summed E-state index contributed by atoms with van der Waals surface area (Å²) in [4.78, 5) is 11.5. The molecule has 1 aromatic rings. The van der Waals surface area contributed by atoms with E-state index in [1.807, 2.05) is 36.9 Å². The molecule has 0 N–H and O–H groups in total. The zero-order valence-corrected chi connectivity index (χ0v) is 8.82. The molecule has 1 rings (SSSR count). The van der Waals surface area contributed by atoms with Gasteiger partial charge in [0.2, 0.25) is 0 Å². The summed E-state index contributed by atoms with van der Waals surface area (Å²) in [5.74, 6) is 0.211. The number of nitrogens with zero attached hydrogens (tertiary/aromatic N) is 1. The number of ketones is 1. The number of aromatic nitrogens is 1. The van der Waals surface area contributed by atoms with E-state index in [1.165, 1.54) is 0 Å². The van der Waals surface area contributed by atoms with Gasteiger partial charge in [-0.05, 0) is 19.4 Å². The smallest absolute Gasteiger partial charge is 0.164 e. The Kier molecular flexibility index (Phi) is 4.40. The van der Waals surface area contributed by atoms with Crippen molar-refractivity contribution in [2.45, 2.75) is 33.4 Å². The number of hydrogen-bond donors (Lipinski definition) is 0. The standard InChI is InChI=1S/C11H17NO2/c1-3-5-11(13)10-6-7-12(8-10)9-14-4-2/h6-8H,3-5,9H2,1-2H3. The SMILES string of the molecule is CCCC(=O)c1ccn(COCC)c1. The Morgan fingerprint density at radius 1 is 1.50 bits per heavy atom. The van der Waals surface area contributed by atoms with Crippen molar-refractivity contribution in [3.63, 3.8) is 0 Å². The van der Waals surface area contributed by atoms with Crippen molar-refractivity contribution < 1.29 is 9.53 Å². The molecule has 0 saturated carbocycles. The third-order valence-corrected chi connectivity index (χ3v) is 1.99. The lowest BCUT2D eigenvalue weighted by atomic mass is 10.1. The molecule has 0 spiro atoms. The summed E-state index contributed by atoms with van der Waals surface area (Å²) in [6.45, 7) is 5.17. The normalized spacial score (nSPS) is 10.4. The van der Waals surface area contributed by atoms with Gasteiger partial charge in [-0.3, -0.25) is 4.79 Å². The molecule has 78 valence electrons. The Balaban J connectivity index is 2.54. The van der Waals surface area contributed by atoms with Crippen LogP contribution in [0.3, 0.4) is 0 Å². The highest BCUT2D eigenvalue weighted by atomic mass is 16.5. The quantitative estimate of drug-likeness (QED) is 0.653. The minimum absolute atomic E-state index is 0.211. The van der Waals surface area contributed by atoms with Gasteiger partial charge in [-0.15, -0.1) is 0 Å². The van der Waals surface area contributed by atoms with Crippen LogP contribution >= 0.6 is 0 Å². The monoisotopic (exact) mass is 195 g/mol. The lowest BCUT2D eigenvalue weighted by Crippen LogP contribution is -2.00. The molecule has 3 heteroatoms. The maximum Gasteiger partial charge on any atom is 0.164 e. The van der Waals surface area contributed by atoms with E-state index in [-0.39, 0.29) is 5.78 Å². The maximum atomic E-state index is 11.5. The summed E-state index contributed by atoms with van der Waals surface area (Å²) in [5.41, 5.74) is 0.784. The van der Waals surface area contributed by atoms with Gasteiger partial charge in [0.1, 0.15) is 6.73 Å². The van der Waals surface area contributed by atoms with Gasteiger partial charge in [-0.2, -0.15) is 0 Å². The predicted molar refractivity (Wildman–Crippen MR) is 55.3 cm³/mol. The van der Waals surface area contributed by atoms with Crippen molar-refractivity contribution in [1.29, 1.82) is 0 Å². The first-order valence-electron chi connectivity index (χ1n) is 5.04. The van der Waals surface area contributed by atoms with Crippen molar-refractivity contribution >= 4 is 5.78 Å². The van der Waals surface area contributed by atoms with Gasteiger partial charge >= 0.3 is 0 Å². The molecule has 0 aliphatic heterocycles. The first kappa shape index (κ1) is 11.0. The minimum Gasteiger partial charge on any atom is -0.361 e. The first-order chi connectivity index (χ1) is 6.77. The molecule has 0 aliphatic carbocycles. The summed E-state index contributed by atoms with van der Waals surface area (Å²) in [5, 5.41) is 0. The zero-order chi connectivity index (χ0) is 10.4. The molecule has 0 fully saturated rings. The molecule has 3 nitrogen and oxygen atoms in total. The van der Waals surface area contributed by atoms with E-state index < -0.39 is 0 Å². The number of rotatable bonds is 6. The molecule has 0 bridgehead atoms. The van der Waals surface area contributed by atoms with E-state index in [0.717, 1.165) is 12.0 Å². The van der Waals surface area contributed by atoms with Crippen LogP contribution in [0.25, 0.3) is 0 Å². The van der Waals surface area contributed by atoms with Crippen molar-refractivity contribution in [2.24, 2.45) is 0 Å². The van der Waals surface area contributed by atoms with Crippen molar-refractivity contribution in [2.75, 3.05) is 6.61 Å². The largest absolute Gasteiger partial charge is 0.361 e. The molecule has 0 radical (unpaired) electrons. The Hall–Kier alpha value is -1.09. The maximum absolute atomic E-state index is 11.5. The van der Waals surface area contributed by atoms with Crippen molar-refractivity contribution in [1.82, 2.24) is 4.57 Å². The molecule has 0 atom stereocenters. The van der Waals surface area contributed by atoms with Gasteiger partial charge in [0.25, 0.3) is 0 Å². The Morgan fingerprint density at radius 2 is 2.29 bits per heavy atom. The van der Waals surface area contributed by atoms with Crippen LogP contribution in [0.5, 0.6) is 0 Å². The summed E-state index contributed by atoms with van der Waals surface area (Å²) < 4.78 is 7.11. The molecule has 0 amide bonds. The van der Waals surface area contributed by atoms with E-state index in [1.54, 1.807) is 0 Å². The molecular formula is C11H17NO2. The molecule has 1 aromatic heterocycles. The zero-order valence-electron chi connectivity index (χ0n) is 8.82. The van der Waals surface area contributed by atoms with Crippen molar-refractivity contribution in [3.8, 4) is 0 Å². The predicted octanol–water partition coefficient (Wildman–Crippen LogP) is 2.46. The van der Waals surface area contributed by atoms with Gasteiger partial charge in [0.15, 0.2) is 5.78 Å². The molecule has 0 unspecified atom stereocenters. The highest BCUT2D eigenvalue weighted by Crippen LogP contribution is 2.06. The Labute approximate surface area is 84.7 Å². The van der Waals surface area contributed by atoms with Crippen molar-refractivity contribution in [3.05, 3.63) is 24.0 Å². The van der Waals surface area contributed by atoms with Crippen LogP contribution in [-0.4, -0.2) is 17.0 Å². The minimum atomic E-state index is 0.211. The van der Waals surface area contributed by atoms with Gasteiger partial charge in [-0.1, -0.05) is 6.92 Å². The number of Topliss-reactive ketones (excluding diaryl/α,β-unsaturated/α-hetero) is 1. The second-order valence-corrected chi connectivity index (χ2v) is 3.21. The number of ether oxygens (including phenoxy) is 1. The van der Waals surface area contributed by atoms with Gasteiger partial charge in [-0.25, -0.2) is 0 Å². The molecule has 1 heterocycles. The van der Waals surface area contributed by atoms with E-state index in [2.05, 4.69) is 0 Å². The lowest BCUT2D eigenvalue weighted by molar-refractivity contribution is 0.0877. The number of carbonyl (C=O) groups excluding carboxylic acids is 1. The second-order valence-electron chi connectivity index (χ2n) is 3.21. The topological polar surface area (TPSA) is 31.2 Å². The fourth-order valence-corrected chi connectivity index (χ4v) is 1.25. The van der Waals surface area contributed by atoms with E-state index >= 15 is 0 Å². The average Bonchev–Trinajstić information content (AvgIpc) is 2.63. The summed E-state index contributed by atoms with van der Waals surface area (Å²) in [6, 6.07) is 1.84. The fourth-order valence-electron chi connectivity index (χ4n) is 1.25. The molecular weight excluding hydrogens is 178 g/mol. The highest BCUT2D eigenvalue weighted by Gasteiger charge is 2.05. The lowest BCUT2D eigenvalue weighted by Gasteiger charge is -2.01. The third-order valence-electron chi connectivity index (χ3n) is 1.99. The Morgan fingerprint density at radius 3 is 2.93 bits per heavy atom. The number of hydrogen-bond acceptors (Lipinski definition) is 2. The third kappa shape index (κ3) is 3.00. The van der Waals surface area contributed by atoms with Gasteiger partial charge < -0.3 is 9.30 Å². The molecule has 14 heavy (non-hydrogen) atoms. The van der Waals surface area contributed by atoms with Gasteiger partial charge in [0, 0.05) is 31.0 Å². The van der Waals surface area contributed by atoms with Crippen LogP contribution in [0.15, 0.2) is 18.5 Å². The van der Waals surface area contributed by atoms with Crippen LogP contribution in [0.2, 0.25) is 0 Å². The van der Waals surface area contributed by atoms with Crippen LogP contribution in [0.1, 0.15) is 37.0 Å². The fraction of sp³-hybridized carbons (Fsp3) is 0.545. The average molecular weight is 195 g/mol. The van der Waals surface area contributed by atoms with Gasteiger partial charge in [0.05, 0.1) is 0 Å². The summed E-state index contributed by atoms with van der Waals surface area (Å²) in [6.07, 6.45) is 5.24. The van der Waals surface area contributed by atoms with Crippen LogP contribution < -0.4 is 0 Å².